The van der Waals surface area contributed by atoms with Crippen molar-refractivity contribution in [2.24, 2.45) is 0 Å². The van der Waals surface area contributed by atoms with Crippen LogP contribution in [0.4, 0.5) is 0 Å². The molecule has 1 aliphatic heterocycles. The predicted octanol–water partition coefficient (Wildman–Crippen LogP) is 1.11. The van der Waals surface area contributed by atoms with Gasteiger partial charge in [0, 0.05) is 19.6 Å². The zero-order chi connectivity index (χ0) is 13.7. The molecule has 0 aliphatic carbocycles. The molecule has 1 saturated heterocycles. The second-order valence-corrected chi connectivity index (χ2v) is 5.68. The highest BCUT2D eigenvalue weighted by molar-refractivity contribution is 7.12. The summed E-state index contributed by atoms with van der Waals surface area (Å²) in [5.74, 6) is -0.217. The number of likely N-dealkylation sites (N-methyl/N-ethyl adjacent to an activating group) is 1. The highest BCUT2D eigenvalue weighted by Gasteiger charge is 2.18. The Kier molecular flexibility index (Phi) is 6.98. The summed E-state index contributed by atoms with van der Waals surface area (Å²) in [6.07, 6.45) is 2.27. The van der Waals surface area contributed by atoms with Crippen LogP contribution >= 0.6 is 23.7 Å². The van der Waals surface area contributed by atoms with Crippen LogP contribution in [0.25, 0.3) is 0 Å². The summed E-state index contributed by atoms with van der Waals surface area (Å²) in [5, 5.41) is 8.03. The molecule has 112 valence electrons. The SMILES string of the molecule is CN(CC(=O)NCC1CCCN1)C(=O)c1cccs1.Cl. The zero-order valence-electron chi connectivity index (χ0n) is 11.4. The third-order valence-corrected chi connectivity index (χ3v) is 4.03. The van der Waals surface area contributed by atoms with Crippen LogP contribution in [0.5, 0.6) is 0 Å². The number of amides is 2. The van der Waals surface area contributed by atoms with Gasteiger partial charge in [-0.1, -0.05) is 6.07 Å². The number of rotatable bonds is 5. The molecule has 2 amide bonds. The van der Waals surface area contributed by atoms with Crippen molar-refractivity contribution in [3.63, 3.8) is 0 Å². The molecule has 1 aromatic heterocycles. The highest BCUT2D eigenvalue weighted by atomic mass is 35.5. The molecule has 1 aliphatic rings. The fourth-order valence-electron chi connectivity index (χ4n) is 2.10. The minimum atomic E-state index is -0.110. The average molecular weight is 318 g/mol. The van der Waals surface area contributed by atoms with E-state index in [0.717, 1.165) is 19.4 Å². The minimum absolute atomic E-state index is 0. The van der Waals surface area contributed by atoms with Gasteiger partial charge in [-0.15, -0.1) is 23.7 Å². The number of halogens is 1. The first-order chi connectivity index (χ1) is 9.16. The molecule has 0 bridgehead atoms. The van der Waals surface area contributed by atoms with Crippen LogP contribution in [-0.2, 0) is 4.79 Å². The van der Waals surface area contributed by atoms with Crippen molar-refractivity contribution in [2.75, 3.05) is 26.7 Å². The molecule has 1 aromatic rings. The molecular formula is C13H20ClN3O2S. The Hall–Kier alpha value is -1.11. The second kappa shape index (κ2) is 8.24. The van der Waals surface area contributed by atoms with E-state index in [1.807, 2.05) is 11.4 Å². The van der Waals surface area contributed by atoms with Crippen LogP contribution in [-0.4, -0.2) is 49.4 Å². The second-order valence-electron chi connectivity index (χ2n) is 4.74. The van der Waals surface area contributed by atoms with Crippen LogP contribution in [0.2, 0.25) is 0 Å². The van der Waals surface area contributed by atoms with Gasteiger partial charge in [0.25, 0.3) is 5.91 Å². The summed E-state index contributed by atoms with van der Waals surface area (Å²) in [4.78, 5) is 25.8. The first kappa shape index (κ1) is 16.9. The zero-order valence-corrected chi connectivity index (χ0v) is 13.1. The summed E-state index contributed by atoms with van der Waals surface area (Å²) in [7, 11) is 1.65. The number of nitrogens with zero attached hydrogens (tertiary/aromatic N) is 1. The number of carbonyl (C=O) groups is 2. The van der Waals surface area contributed by atoms with Gasteiger partial charge in [0.1, 0.15) is 0 Å². The smallest absolute Gasteiger partial charge is 0.264 e. The largest absolute Gasteiger partial charge is 0.353 e. The molecule has 0 radical (unpaired) electrons. The van der Waals surface area contributed by atoms with Gasteiger partial charge in [0.05, 0.1) is 11.4 Å². The van der Waals surface area contributed by atoms with Gasteiger partial charge in [-0.3, -0.25) is 9.59 Å². The molecule has 0 saturated carbocycles. The van der Waals surface area contributed by atoms with Crippen LogP contribution in [0.3, 0.4) is 0 Å². The molecule has 2 heterocycles. The van der Waals surface area contributed by atoms with E-state index in [9.17, 15) is 9.59 Å². The Bertz CT molecular complexity index is 433. The monoisotopic (exact) mass is 317 g/mol. The van der Waals surface area contributed by atoms with E-state index in [0.29, 0.717) is 17.5 Å². The Morgan fingerprint density at radius 2 is 2.35 bits per heavy atom. The summed E-state index contributed by atoms with van der Waals surface area (Å²) < 4.78 is 0. The van der Waals surface area contributed by atoms with Crippen molar-refractivity contribution < 1.29 is 9.59 Å². The first-order valence-corrected chi connectivity index (χ1v) is 7.34. The van der Waals surface area contributed by atoms with Crippen molar-refractivity contribution in [2.45, 2.75) is 18.9 Å². The highest BCUT2D eigenvalue weighted by Crippen LogP contribution is 2.10. The quantitative estimate of drug-likeness (QED) is 0.855. The molecule has 1 fully saturated rings. The maximum absolute atomic E-state index is 11.9. The van der Waals surface area contributed by atoms with Crippen LogP contribution in [0.1, 0.15) is 22.5 Å². The van der Waals surface area contributed by atoms with Gasteiger partial charge in [-0.05, 0) is 30.8 Å². The fourth-order valence-corrected chi connectivity index (χ4v) is 2.82. The summed E-state index contributed by atoms with van der Waals surface area (Å²) in [5.41, 5.74) is 0. The number of thiophene rings is 1. The Morgan fingerprint density at radius 3 is 2.95 bits per heavy atom. The van der Waals surface area contributed by atoms with Crippen molar-refractivity contribution in [1.29, 1.82) is 0 Å². The fraction of sp³-hybridized carbons (Fsp3) is 0.538. The number of carbonyl (C=O) groups excluding carboxylic acids is 2. The summed E-state index contributed by atoms with van der Waals surface area (Å²) in [6.45, 7) is 1.76. The van der Waals surface area contributed by atoms with Crippen molar-refractivity contribution in [3.05, 3.63) is 22.4 Å². The van der Waals surface area contributed by atoms with E-state index in [1.165, 1.54) is 16.2 Å². The molecule has 7 heteroatoms. The Labute approximate surface area is 129 Å². The summed E-state index contributed by atoms with van der Waals surface area (Å²) >= 11 is 1.39. The summed E-state index contributed by atoms with van der Waals surface area (Å²) in [6, 6.07) is 3.98. The first-order valence-electron chi connectivity index (χ1n) is 6.46. The molecule has 0 spiro atoms. The molecule has 1 atom stereocenters. The van der Waals surface area contributed by atoms with E-state index in [1.54, 1.807) is 13.1 Å². The predicted molar refractivity (Wildman–Crippen MR) is 82.6 cm³/mol. The molecule has 0 aromatic carbocycles. The van der Waals surface area contributed by atoms with Crippen molar-refractivity contribution in [3.8, 4) is 0 Å². The maximum Gasteiger partial charge on any atom is 0.264 e. The van der Waals surface area contributed by atoms with E-state index < -0.39 is 0 Å². The normalized spacial score (nSPS) is 17.4. The number of hydrogen-bond donors (Lipinski definition) is 2. The van der Waals surface area contributed by atoms with Crippen LogP contribution in [0, 0.1) is 0 Å². The van der Waals surface area contributed by atoms with Crippen LogP contribution in [0.15, 0.2) is 17.5 Å². The molecule has 20 heavy (non-hydrogen) atoms. The van der Waals surface area contributed by atoms with Gasteiger partial charge < -0.3 is 15.5 Å². The average Bonchev–Trinajstić information content (AvgIpc) is 3.08. The third-order valence-electron chi connectivity index (χ3n) is 3.17. The van der Waals surface area contributed by atoms with E-state index in [2.05, 4.69) is 10.6 Å². The van der Waals surface area contributed by atoms with E-state index >= 15 is 0 Å². The third kappa shape index (κ3) is 4.77. The van der Waals surface area contributed by atoms with Crippen molar-refractivity contribution >= 4 is 35.6 Å². The topological polar surface area (TPSA) is 61.4 Å². The molecule has 1 unspecified atom stereocenters. The molecular weight excluding hydrogens is 298 g/mol. The molecule has 2 rings (SSSR count). The van der Waals surface area contributed by atoms with Gasteiger partial charge >= 0.3 is 0 Å². The Morgan fingerprint density at radius 1 is 1.55 bits per heavy atom. The lowest BCUT2D eigenvalue weighted by Crippen LogP contribution is -2.42. The lowest BCUT2D eigenvalue weighted by molar-refractivity contribution is -0.121. The molecule has 5 nitrogen and oxygen atoms in total. The van der Waals surface area contributed by atoms with E-state index in [-0.39, 0.29) is 30.8 Å². The maximum atomic E-state index is 11.9. The van der Waals surface area contributed by atoms with Crippen LogP contribution < -0.4 is 10.6 Å². The number of hydrogen-bond acceptors (Lipinski definition) is 4. The van der Waals surface area contributed by atoms with Gasteiger partial charge in [0.15, 0.2) is 0 Å². The van der Waals surface area contributed by atoms with Gasteiger partial charge in [-0.25, -0.2) is 0 Å². The van der Waals surface area contributed by atoms with Gasteiger partial charge in [-0.2, -0.15) is 0 Å². The van der Waals surface area contributed by atoms with E-state index in [4.69, 9.17) is 0 Å². The minimum Gasteiger partial charge on any atom is -0.353 e. The molecule has 2 N–H and O–H groups in total. The number of nitrogens with one attached hydrogen (secondary N) is 2. The lowest BCUT2D eigenvalue weighted by atomic mass is 10.2. The van der Waals surface area contributed by atoms with Crippen molar-refractivity contribution in [1.82, 2.24) is 15.5 Å². The standard InChI is InChI=1S/C13H19N3O2S.ClH/c1-16(13(18)11-5-3-7-19-11)9-12(17)15-8-10-4-2-6-14-10;/h3,5,7,10,14H,2,4,6,8-9H2,1H3,(H,15,17);1H. The Balaban J connectivity index is 0.00000200. The van der Waals surface area contributed by atoms with Gasteiger partial charge in [0.2, 0.25) is 5.91 Å². The lowest BCUT2D eigenvalue weighted by Gasteiger charge is -2.17.